The predicted molar refractivity (Wildman–Crippen MR) is 255 cm³/mol. The van der Waals surface area contributed by atoms with E-state index >= 15 is 0 Å². The van der Waals surface area contributed by atoms with Crippen LogP contribution in [-0.2, 0) is 5.41 Å². The van der Waals surface area contributed by atoms with Crippen molar-refractivity contribution in [3.05, 3.63) is 210 Å². The van der Waals surface area contributed by atoms with Gasteiger partial charge in [0.15, 0.2) is 5.58 Å². The fourth-order valence-electron chi connectivity index (χ4n) is 10.2. The first-order chi connectivity index (χ1) is 29.8. The lowest BCUT2D eigenvalue weighted by atomic mass is 9.85. The van der Waals surface area contributed by atoms with E-state index in [4.69, 9.17) is 4.42 Å². The van der Waals surface area contributed by atoms with Crippen molar-refractivity contribution in [2.75, 3.05) is 9.80 Å². The van der Waals surface area contributed by atoms with Gasteiger partial charge in [0, 0.05) is 73.0 Å². The molecule has 1 aliphatic carbocycles. The molecular weight excluding hydrogens is 743 g/mol. The summed E-state index contributed by atoms with van der Waals surface area (Å²) in [5.74, 6) is 0. The van der Waals surface area contributed by atoms with Crippen LogP contribution in [0.2, 0.25) is 0 Å². The quantitative estimate of drug-likeness (QED) is 0.161. The zero-order valence-corrected chi connectivity index (χ0v) is 34.6. The molecule has 292 valence electrons. The van der Waals surface area contributed by atoms with Crippen molar-refractivity contribution in [2.24, 2.45) is 0 Å². The van der Waals surface area contributed by atoms with Crippen molar-refractivity contribution < 1.29 is 4.42 Å². The average Bonchev–Trinajstić information content (AvgIpc) is 3.98. The van der Waals surface area contributed by atoms with E-state index in [9.17, 15) is 0 Å². The van der Waals surface area contributed by atoms with E-state index in [0.29, 0.717) is 0 Å². The van der Waals surface area contributed by atoms with Crippen LogP contribution in [0.25, 0.3) is 60.6 Å². The molecule has 0 atom stereocenters. The van der Waals surface area contributed by atoms with Gasteiger partial charge >= 0.3 is 0 Å². The summed E-state index contributed by atoms with van der Waals surface area (Å²) in [6, 6.07) is 68.2. The highest BCUT2D eigenvalue weighted by Gasteiger charge is 2.42. The summed E-state index contributed by atoms with van der Waals surface area (Å²) >= 11 is 0. The van der Waals surface area contributed by atoms with Gasteiger partial charge in [-0.3, -0.25) is 0 Å². The Kier molecular flexibility index (Phi) is 7.67. The van der Waals surface area contributed by atoms with Crippen LogP contribution >= 0.6 is 0 Å². The number of nitrogens with zero attached hydrogens (tertiary/aromatic N) is 3. The lowest BCUT2D eigenvalue weighted by molar-refractivity contribution is 0.633. The van der Waals surface area contributed by atoms with Crippen LogP contribution in [0.3, 0.4) is 0 Å². The fraction of sp³-hybridized carbons (Fsp3) is 0.0877. The molecular formula is C57H43N3O. The summed E-state index contributed by atoms with van der Waals surface area (Å²) < 4.78 is 9.68. The third-order valence-corrected chi connectivity index (χ3v) is 12.9. The number of anilines is 6. The van der Waals surface area contributed by atoms with Crippen LogP contribution in [0.5, 0.6) is 0 Å². The first-order valence-corrected chi connectivity index (χ1v) is 21.2. The van der Waals surface area contributed by atoms with Crippen LogP contribution in [0.1, 0.15) is 36.2 Å². The van der Waals surface area contributed by atoms with Gasteiger partial charge in [0.1, 0.15) is 11.1 Å². The number of hydrogen-bond acceptors (Lipinski definition) is 3. The molecule has 0 aliphatic heterocycles. The number of rotatable bonds is 7. The molecule has 1 aliphatic rings. The lowest BCUT2D eigenvalue weighted by Gasteiger charge is -2.28. The van der Waals surface area contributed by atoms with E-state index in [0.717, 1.165) is 61.6 Å². The smallest absolute Gasteiger partial charge is 0.161 e. The monoisotopic (exact) mass is 785 g/mol. The Hall–Kier alpha value is -7.56. The predicted octanol–water partition coefficient (Wildman–Crippen LogP) is 16.0. The summed E-state index contributed by atoms with van der Waals surface area (Å²) in [4.78, 5) is 4.71. The summed E-state index contributed by atoms with van der Waals surface area (Å²) in [5.41, 5.74) is 20.5. The third kappa shape index (κ3) is 5.31. The Labute approximate surface area is 355 Å². The Morgan fingerprint density at radius 1 is 0.443 bits per heavy atom. The minimum Gasteiger partial charge on any atom is -0.454 e. The first-order valence-electron chi connectivity index (χ1n) is 21.2. The highest BCUT2D eigenvalue weighted by Crippen LogP contribution is 2.57. The van der Waals surface area contributed by atoms with Gasteiger partial charge in [-0.05, 0) is 132 Å². The van der Waals surface area contributed by atoms with E-state index in [-0.39, 0.29) is 5.41 Å². The first kappa shape index (κ1) is 35.4. The highest BCUT2D eigenvalue weighted by atomic mass is 16.3. The van der Waals surface area contributed by atoms with Gasteiger partial charge < -0.3 is 18.6 Å². The van der Waals surface area contributed by atoms with Crippen LogP contribution < -0.4 is 9.80 Å². The normalized spacial score (nSPS) is 13.0. The highest BCUT2D eigenvalue weighted by molar-refractivity contribution is 6.24. The number of benzene rings is 8. The molecule has 0 saturated carbocycles. The van der Waals surface area contributed by atoms with Crippen molar-refractivity contribution in [1.29, 1.82) is 0 Å². The second-order valence-electron chi connectivity index (χ2n) is 17.2. The topological polar surface area (TPSA) is 24.0 Å². The zero-order valence-electron chi connectivity index (χ0n) is 34.6. The standard InChI is InChI=1S/C57H43N3O/c1-36-16-14-24-42(30-36)58(40-20-10-6-11-21-40)44-26-28-46-50(34-44)57(3,4)56-52(46)48-32-39(38-18-8-5-9-19-38)33-49-53(48)60(56)54-47-29-27-45(35-51(47)61-55(49)54)59(41-22-12-7-13-23-41)43-25-15-17-37(2)31-43/h5-35H,1-4H3. The van der Waals surface area contributed by atoms with Crippen molar-refractivity contribution in [3.63, 3.8) is 0 Å². The van der Waals surface area contributed by atoms with Gasteiger partial charge in [0.05, 0.1) is 5.52 Å². The van der Waals surface area contributed by atoms with Crippen LogP contribution in [0, 0.1) is 13.8 Å². The van der Waals surface area contributed by atoms with Crippen molar-refractivity contribution in [2.45, 2.75) is 33.1 Å². The number of para-hydroxylation sites is 2. The maximum absolute atomic E-state index is 7.13. The second-order valence-corrected chi connectivity index (χ2v) is 17.2. The third-order valence-electron chi connectivity index (χ3n) is 12.9. The van der Waals surface area contributed by atoms with E-state index in [1.807, 2.05) is 0 Å². The minimum atomic E-state index is -0.334. The van der Waals surface area contributed by atoms with E-state index in [1.165, 1.54) is 55.5 Å². The second kappa shape index (κ2) is 13.2. The Bertz CT molecular complexity index is 3470. The van der Waals surface area contributed by atoms with Gasteiger partial charge in [0.25, 0.3) is 0 Å². The van der Waals surface area contributed by atoms with E-state index < -0.39 is 0 Å². The van der Waals surface area contributed by atoms with Gasteiger partial charge in [-0.1, -0.05) is 111 Å². The summed E-state index contributed by atoms with van der Waals surface area (Å²) in [6.45, 7) is 9.11. The number of furan rings is 1. The fourth-order valence-corrected chi connectivity index (χ4v) is 10.2. The molecule has 8 aromatic carbocycles. The molecule has 12 rings (SSSR count). The number of aromatic nitrogens is 1. The van der Waals surface area contributed by atoms with Crippen LogP contribution in [0.4, 0.5) is 34.1 Å². The van der Waals surface area contributed by atoms with Crippen LogP contribution in [0.15, 0.2) is 192 Å². The molecule has 11 aromatic rings. The molecule has 0 saturated heterocycles. The molecule has 4 nitrogen and oxygen atoms in total. The molecule has 0 amide bonds. The Morgan fingerprint density at radius 2 is 0.984 bits per heavy atom. The van der Waals surface area contributed by atoms with Gasteiger partial charge in [-0.2, -0.15) is 0 Å². The maximum Gasteiger partial charge on any atom is 0.161 e. The lowest BCUT2D eigenvalue weighted by Crippen LogP contribution is -2.18. The zero-order chi connectivity index (χ0) is 41.0. The Balaban J connectivity index is 1.11. The number of hydrogen-bond donors (Lipinski definition) is 0. The van der Waals surface area contributed by atoms with Crippen LogP contribution in [-0.4, -0.2) is 4.40 Å². The molecule has 61 heavy (non-hydrogen) atoms. The van der Waals surface area contributed by atoms with E-state index in [2.05, 4.69) is 230 Å². The molecule has 0 spiro atoms. The van der Waals surface area contributed by atoms with Crippen molar-refractivity contribution >= 4 is 72.5 Å². The minimum absolute atomic E-state index is 0.334. The largest absolute Gasteiger partial charge is 0.454 e. The van der Waals surface area contributed by atoms with Crippen molar-refractivity contribution in [3.8, 4) is 22.3 Å². The molecule has 0 N–H and O–H groups in total. The van der Waals surface area contributed by atoms with Gasteiger partial charge in [-0.25, -0.2) is 0 Å². The molecule has 0 fully saturated rings. The molecule has 4 heteroatoms. The maximum atomic E-state index is 7.13. The molecule has 3 aromatic heterocycles. The van der Waals surface area contributed by atoms with E-state index in [1.54, 1.807) is 0 Å². The van der Waals surface area contributed by atoms with Gasteiger partial charge in [0.2, 0.25) is 0 Å². The van der Waals surface area contributed by atoms with Crippen molar-refractivity contribution in [1.82, 2.24) is 4.40 Å². The number of aryl methyl sites for hydroxylation is 2. The number of fused-ring (bicyclic) bond motifs is 10. The molecule has 0 bridgehead atoms. The summed E-state index contributed by atoms with van der Waals surface area (Å²) in [5, 5.41) is 3.51. The molecule has 3 heterocycles. The summed E-state index contributed by atoms with van der Waals surface area (Å²) in [6.07, 6.45) is 0. The average molecular weight is 786 g/mol. The molecule has 0 radical (unpaired) electrons. The molecule has 0 unspecified atom stereocenters. The Morgan fingerprint density at radius 3 is 1.61 bits per heavy atom. The van der Waals surface area contributed by atoms with Gasteiger partial charge in [-0.15, -0.1) is 0 Å². The SMILES string of the molecule is Cc1cccc(N(c2ccccc2)c2ccc3c(c2)C(C)(C)c2c-3c3cc(-c4ccccc4)cc4c5oc6cc(N(c7ccccc7)c7cccc(C)c7)ccc6c5n2c34)c1. The summed E-state index contributed by atoms with van der Waals surface area (Å²) in [7, 11) is 0.